The maximum atomic E-state index is 11.7. The van der Waals surface area contributed by atoms with Crippen LogP contribution in [0.3, 0.4) is 0 Å². The molecular formula is C13H18N2O2. The summed E-state index contributed by atoms with van der Waals surface area (Å²) in [5, 5.41) is 2.90. The van der Waals surface area contributed by atoms with Gasteiger partial charge < -0.3 is 10.1 Å². The Morgan fingerprint density at radius 3 is 3.06 bits per heavy atom. The molecule has 17 heavy (non-hydrogen) atoms. The van der Waals surface area contributed by atoms with Crippen molar-refractivity contribution in [1.29, 1.82) is 0 Å². The van der Waals surface area contributed by atoms with Crippen molar-refractivity contribution < 1.29 is 9.53 Å². The number of rotatable bonds is 3. The number of nitrogens with zero attached hydrogens (tertiary/aromatic N) is 1. The van der Waals surface area contributed by atoms with Crippen molar-refractivity contribution in [3.63, 3.8) is 0 Å². The quantitative estimate of drug-likeness (QED) is 0.861. The van der Waals surface area contributed by atoms with Gasteiger partial charge in [-0.05, 0) is 19.8 Å². The van der Waals surface area contributed by atoms with Crippen LogP contribution in [-0.4, -0.2) is 24.5 Å². The van der Waals surface area contributed by atoms with Crippen molar-refractivity contribution in [2.24, 2.45) is 5.92 Å². The summed E-state index contributed by atoms with van der Waals surface area (Å²) in [7, 11) is 1.64. The molecule has 1 atom stereocenters. The van der Waals surface area contributed by atoms with Crippen LogP contribution in [0.1, 0.15) is 24.2 Å². The fourth-order valence-electron chi connectivity index (χ4n) is 2.21. The van der Waals surface area contributed by atoms with Crippen molar-refractivity contribution in [2.45, 2.75) is 26.2 Å². The van der Waals surface area contributed by atoms with E-state index in [2.05, 4.69) is 10.3 Å². The lowest BCUT2D eigenvalue weighted by atomic mass is 9.93. The number of amides is 1. The van der Waals surface area contributed by atoms with Crippen LogP contribution in [0.25, 0.3) is 0 Å². The highest BCUT2D eigenvalue weighted by Gasteiger charge is 2.22. The van der Waals surface area contributed by atoms with Gasteiger partial charge in [0.2, 0.25) is 5.91 Å². The summed E-state index contributed by atoms with van der Waals surface area (Å²) < 4.78 is 5.21. The van der Waals surface area contributed by atoms with Crippen LogP contribution in [0.2, 0.25) is 0 Å². The molecule has 1 saturated heterocycles. The lowest BCUT2D eigenvalue weighted by Crippen LogP contribution is -2.37. The van der Waals surface area contributed by atoms with E-state index in [1.54, 1.807) is 7.11 Å². The van der Waals surface area contributed by atoms with Gasteiger partial charge >= 0.3 is 0 Å². The maximum absolute atomic E-state index is 11.7. The van der Waals surface area contributed by atoms with Gasteiger partial charge in [-0.15, -0.1) is 0 Å². The van der Waals surface area contributed by atoms with Gasteiger partial charge in [0, 0.05) is 42.4 Å². The molecule has 1 aliphatic rings. The summed E-state index contributed by atoms with van der Waals surface area (Å²) in [4.78, 5) is 16.1. The van der Waals surface area contributed by atoms with E-state index in [1.165, 1.54) is 0 Å². The highest BCUT2D eigenvalue weighted by atomic mass is 16.5. The Balaban J connectivity index is 2.11. The third-order valence-corrected chi connectivity index (χ3v) is 3.07. The number of aryl methyl sites for hydroxylation is 1. The van der Waals surface area contributed by atoms with E-state index in [-0.39, 0.29) is 11.8 Å². The monoisotopic (exact) mass is 234 g/mol. The van der Waals surface area contributed by atoms with Gasteiger partial charge in [-0.2, -0.15) is 0 Å². The molecule has 0 aromatic carbocycles. The second-order valence-electron chi connectivity index (χ2n) is 4.47. The molecule has 92 valence electrons. The molecule has 1 amide bonds. The Labute approximate surface area is 101 Å². The minimum absolute atomic E-state index is 0.0581. The number of nitrogens with one attached hydrogen (secondary N) is 1. The predicted molar refractivity (Wildman–Crippen MR) is 65.0 cm³/mol. The summed E-state index contributed by atoms with van der Waals surface area (Å²) in [6.45, 7) is 2.74. The first-order chi connectivity index (χ1) is 8.19. The molecule has 0 aliphatic carbocycles. The van der Waals surface area contributed by atoms with Crippen LogP contribution < -0.4 is 10.1 Å². The average molecular weight is 234 g/mol. The zero-order valence-electron chi connectivity index (χ0n) is 10.3. The number of hydrogen-bond acceptors (Lipinski definition) is 3. The standard InChI is InChI=1S/C13H18N2O2/c1-9-6-12(17-2)8-11(15-9)7-10-4-3-5-14-13(10)16/h6,8,10H,3-5,7H2,1-2H3,(H,14,16). The first-order valence-electron chi connectivity index (χ1n) is 5.98. The summed E-state index contributed by atoms with van der Waals surface area (Å²) in [6, 6.07) is 3.80. The number of methoxy groups -OCH3 is 1. The minimum atomic E-state index is 0.0581. The number of ether oxygens (including phenoxy) is 1. The molecule has 1 fully saturated rings. The van der Waals surface area contributed by atoms with Gasteiger partial charge in [-0.1, -0.05) is 0 Å². The van der Waals surface area contributed by atoms with Crippen LogP contribution in [0, 0.1) is 12.8 Å². The first kappa shape index (κ1) is 11.9. The van der Waals surface area contributed by atoms with Crippen molar-refractivity contribution >= 4 is 5.91 Å². The average Bonchev–Trinajstić information content (AvgIpc) is 2.31. The summed E-state index contributed by atoms with van der Waals surface area (Å²) in [5.74, 6) is 1.02. The molecule has 0 bridgehead atoms. The number of carbonyl (C=O) groups excluding carboxylic acids is 1. The predicted octanol–water partition coefficient (Wildman–Crippen LogP) is 1.47. The first-order valence-corrected chi connectivity index (χ1v) is 5.98. The van der Waals surface area contributed by atoms with E-state index in [9.17, 15) is 4.79 Å². The van der Waals surface area contributed by atoms with Crippen LogP contribution in [0.5, 0.6) is 5.75 Å². The molecule has 0 saturated carbocycles. The Bertz CT molecular complexity index is 418. The molecule has 1 aliphatic heterocycles. The summed E-state index contributed by atoms with van der Waals surface area (Å²) in [6.07, 6.45) is 2.70. The smallest absolute Gasteiger partial charge is 0.223 e. The molecule has 1 unspecified atom stereocenters. The van der Waals surface area contributed by atoms with Crippen LogP contribution >= 0.6 is 0 Å². The fraction of sp³-hybridized carbons (Fsp3) is 0.538. The molecule has 4 heteroatoms. The Hall–Kier alpha value is -1.58. The topological polar surface area (TPSA) is 51.2 Å². The van der Waals surface area contributed by atoms with E-state index < -0.39 is 0 Å². The van der Waals surface area contributed by atoms with E-state index >= 15 is 0 Å². The van der Waals surface area contributed by atoms with Crippen molar-refractivity contribution in [2.75, 3.05) is 13.7 Å². The molecule has 1 aromatic rings. The molecule has 1 N–H and O–H groups in total. The zero-order valence-corrected chi connectivity index (χ0v) is 10.3. The molecule has 1 aromatic heterocycles. The van der Waals surface area contributed by atoms with Gasteiger partial charge in [0.25, 0.3) is 0 Å². The minimum Gasteiger partial charge on any atom is -0.497 e. The van der Waals surface area contributed by atoms with Crippen molar-refractivity contribution in [3.05, 3.63) is 23.5 Å². The van der Waals surface area contributed by atoms with E-state index in [0.717, 1.165) is 36.5 Å². The Kier molecular flexibility index (Phi) is 3.61. The molecule has 0 radical (unpaired) electrons. The van der Waals surface area contributed by atoms with Gasteiger partial charge in [0.05, 0.1) is 7.11 Å². The van der Waals surface area contributed by atoms with Crippen molar-refractivity contribution in [3.8, 4) is 5.75 Å². The highest BCUT2D eigenvalue weighted by Crippen LogP contribution is 2.20. The molecule has 0 spiro atoms. The highest BCUT2D eigenvalue weighted by molar-refractivity contribution is 5.79. The van der Waals surface area contributed by atoms with E-state index in [4.69, 9.17) is 4.74 Å². The van der Waals surface area contributed by atoms with E-state index in [1.807, 2.05) is 19.1 Å². The number of piperidine rings is 1. The number of aromatic nitrogens is 1. The van der Waals surface area contributed by atoms with Crippen molar-refractivity contribution in [1.82, 2.24) is 10.3 Å². The van der Waals surface area contributed by atoms with E-state index in [0.29, 0.717) is 6.42 Å². The lowest BCUT2D eigenvalue weighted by molar-refractivity contribution is -0.126. The van der Waals surface area contributed by atoms with Gasteiger partial charge in [0.1, 0.15) is 5.75 Å². The maximum Gasteiger partial charge on any atom is 0.223 e. The number of hydrogen-bond donors (Lipinski definition) is 1. The third kappa shape index (κ3) is 2.96. The largest absolute Gasteiger partial charge is 0.497 e. The summed E-state index contributed by atoms with van der Waals surface area (Å²) >= 11 is 0. The van der Waals surface area contributed by atoms with Gasteiger partial charge in [-0.3, -0.25) is 9.78 Å². The molecular weight excluding hydrogens is 216 g/mol. The molecule has 4 nitrogen and oxygen atoms in total. The van der Waals surface area contributed by atoms with Gasteiger partial charge in [-0.25, -0.2) is 0 Å². The SMILES string of the molecule is COc1cc(C)nc(CC2CCCNC2=O)c1. The Morgan fingerprint density at radius 2 is 2.35 bits per heavy atom. The zero-order chi connectivity index (χ0) is 12.3. The summed E-state index contributed by atoms with van der Waals surface area (Å²) in [5.41, 5.74) is 1.86. The lowest BCUT2D eigenvalue weighted by Gasteiger charge is -2.21. The Morgan fingerprint density at radius 1 is 1.53 bits per heavy atom. The second-order valence-corrected chi connectivity index (χ2v) is 4.47. The van der Waals surface area contributed by atoms with Gasteiger partial charge in [0.15, 0.2) is 0 Å². The van der Waals surface area contributed by atoms with Crippen LogP contribution in [0.15, 0.2) is 12.1 Å². The second kappa shape index (κ2) is 5.17. The third-order valence-electron chi connectivity index (χ3n) is 3.07. The van der Waals surface area contributed by atoms with Crippen LogP contribution in [-0.2, 0) is 11.2 Å². The molecule has 2 rings (SSSR count). The number of pyridine rings is 1. The fourth-order valence-corrected chi connectivity index (χ4v) is 2.21. The normalized spacial score (nSPS) is 19.9. The number of carbonyl (C=O) groups is 1. The van der Waals surface area contributed by atoms with Crippen LogP contribution in [0.4, 0.5) is 0 Å². The molecule has 2 heterocycles.